The zero-order valence-electron chi connectivity index (χ0n) is 12.1. The summed E-state index contributed by atoms with van der Waals surface area (Å²) >= 11 is 0. The number of nitrogens with one attached hydrogen (secondary N) is 1. The molecule has 0 unspecified atom stereocenters. The van der Waals surface area contributed by atoms with Gasteiger partial charge in [0.1, 0.15) is 0 Å². The van der Waals surface area contributed by atoms with Crippen LogP contribution in [0.5, 0.6) is 11.5 Å². The van der Waals surface area contributed by atoms with Gasteiger partial charge in [0.25, 0.3) is 0 Å². The molecule has 1 aromatic rings. The van der Waals surface area contributed by atoms with Crippen LogP contribution in [0.15, 0.2) is 18.2 Å². The molecule has 108 valence electrons. The van der Waals surface area contributed by atoms with Crippen molar-refractivity contribution in [3.8, 4) is 11.5 Å². The van der Waals surface area contributed by atoms with Gasteiger partial charge in [-0.05, 0) is 42.9 Å². The molecule has 1 fully saturated rings. The topological polar surface area (TPSA) is 47.6 Å². The Kier molecular flexibility index (Phi) is 3.32. The summed E-state index contributed by atoms with van der Waals surface area (Å²) in [6.07, 6.45) is 2.85. The van der Waals surface area contributed by atoms with Crippen molar-refractivity contribution < 1.29 is 14.3 Å². The van der Waals surface area contributed by atoms with Crippen molar-refractivity contribution in [3.05, 3.63) is 23.8 Å². The molecule has 0 radical (unpaired) electrons. The van der Waals surface area contributed by atoms with Gasteiger partial charge in [-0.1, -0.05) is 19.9 Å². The molecular formula is C16H21NO3. The second-order valence-corrected chi connectivity index (χ2v) is 6.09. The van der Waals surface area contributed by atoms with Crippen molar-refractivity contribution in [2.24, 2.45) is 5.92 Å². The van der Waals surface area contributed by atoms with E-state index >= 15 is 0 Å². The second-order valence-electron chi connectivity index (χ2n) is 6.09. The third-order valence-corrected chi connectivity index (χ3v) is 4.12. The molecule has 0 aromatic heterocycles. The number of rotatable bonds is 5. The highest BCUT2D eigenvalue weighted by Gasteiger charge is 2.51. The van der Waals surface area contributed by atoms with Gasteiger partial charge >= 0.3 is 0 Å². The average molecular weight is 275 g/mol. The smallest absolute Gasteiger partial charge is 0.231 e. The van der Waals surface area contributed by atoms with E-state index in [2.05, 4.69) is 19.2 Å². The average Bonchev–Trinajstić information content (AvgIpc) is 3.10. The Morgan fingerprint density at radius 1 is 1.30 bits per heavy atom. The molecule has 1 aliphatic carbocycles. The molecule has 1 aliphatic heterocycles. The molecule has 1 saturated carbocycles. The zero-order chi connectivity index (χ0) is 14.2. The first-order valence-corrected chi connectivity index (χ1v) is 7.30. The Hall–Kier alpha value is -1.71. The first-order valence-electron chi connectivity index (χ1n) is 7.30. The minimum absolute atomic E-state index is 0.150. The minimum Gasteiger partial charge on any atom is -0.454 e. The van der Waals surface area contributed by atoms with Gasteiger partial charge in [0.05, 0.1) is 5.41 Å². The molecule has 1 amide bonds. The van der Waals surface area contributed by atoms with E-state index in [-0.39, 0.29) is 18.1 Å². The van der Waals surface area contributed by atoms with Crippen LogP contribution in [-0.2, 0) is 10.2 Å². The van der Waals surface area contributed by atoms with Crippen molar-refractivity contribution in [2.75, 3.05) is 13.3 Å². The largest absolute Gasteiger partial charge is 0.454 e. The third-order valence-electron chi connectivity index (χ3n) is 4.12. The maximum absolute atomic E-state index is 12.4. The van der Waals surface area contributed by atoms with Crippen molar-refractivity contribution in [3.63, 3.8) is 0 Å². The molecule has 0 atom stereocenters. The summed E-state index contributed by atoms with van der Waals surface area (Å²) in [6, 6.07) is 5.85. The second kappa shape index (κ2) is 5.00. The Bertz CT molecular complexity index is 520. The van der Waals surface area contributed by atoms with Crippen LogP contribution in [0.1, 0.15) is 38.7 Å². The standard InChI is InChI=1S/C16H21NO3/c1-11(2)5-8-17-15(18)16(6-7-16)12-3-4-13-14(9-12)20-10-19-13/h3-4,9,11H,5-8,10H2,1-2H3,(H,17,18). The molecule has 4 nitrogen and oxygen atoms in total. The van der Waals surface area contributed by atoms with Gasteiger partial charge in [0, 0.05) is 6.54 Å². The lowest BCUT2D eigenvalue weighted by molar-refractivity contribution is -0.123. The first kappa shape index (κ1) is 13.3. The number of amides is 1. The molecule has 20 heavy (non-hydrogen) atoms. The van der Waals surface area contributed by atoms with Crippen LogP contribution < -0.4 is 14.8 Å². The van der Waals surface area contributed by atoms with Crippen molar-refractivity contribution in [1.82, 2.24) is 5.32 Å². The van der Waals surface area contributed by atoms with Gasteiger partial charge < -0.3 is 14.8 Å². The highest BCUT2D eigenvalue weighted by atomic mass is 16.7. The lowest BCUT2D eigenvalue weighted by Gasteiger charge is -2.16. The number of ether oxygens (including phenoxy) is 2. The van der Waals surface area contributed by atoms with Crippen LogP contribution in [0, 0.1) is 5.92 Å². The van der Waals surface area contributed by atoms with Gasteiger partial charge in [-0.15, -0.1) is 0 Å². The van der Waals surface area contributed by atoms with Gasteiger partial charge in [-0.2, -0.15) is 0 Å². The maximum Gasteiger partial charge on any atom is 0.231 e. The SMILES string of the molecule is CC(C)CCNC(=O)C1(c2ccc3c(c2)OCO3)CC1. The Morgan fingerprint density at radius 2 is 2.05 bits per heavy atom. The Morgan fingerprint density at radius 3 is 2.75 bits per heavy atom. The van der Waals surface area contributed by atoms with Gasteiger partial charge in [0.2, 0.25) is 12.7 Å². The molecule has 0 bridgehead atoms. The number of hydrogen-bond acceptors (Lipinski definition) is 3. The summed E-state index contributed by atoms with van der Waals surface area (Å²) in [4.78, 5) is 12.4. The fourth-order valence-corrected chi connectivity index (χ4v) is 2.61. The molecule has 0 saturated heterocycles. The van der Waals surface area contributed by atoms with Crippen LogP contribution in [0.3, 0.4) is 0 Å². The quantitative estimate of drug-likeness (QED) is 0.898. The summed E-state index contributed by atoms with van der Waals surface area (Å²) in [5, 5.41) is 3.07. The highest BCUT2D eigenvalue weighted by Crippen LogP contribution is 2.50. The van der Waals surface area contributed by atoms with Crippen LogP contribution in [-0.4, -0.2) is 19.2 Å². The monoisotopic (exact) mass is 275 g/mol. The molecule has 2 aliphatic rings. The summed E-state index contributed by atoms with van der Waals surface area (Å²) in [5.41, 5.74) is 0.710. The number of carbonyl (C=O) groups excluding carboxylic acids is 1. The number of carbonyl (C=O) groups is 1. The van der Waals surface area contributed by atoms with E-state index < -0.39 is 0 Å². The predicted octanol–water partition coefficient (Wildman–Crippen LogP) is 2.61. The molecule has 4 heteroatoms. The van der Waals surface area contributed by atoms with E-state index in [4.69, 9.17) is 9.47 Å². The van der Waals surface area contributed by atoms with Gasteiger partial charge in [-0.3, -0.25) is 4.79 Å². The summed E-state index contributed by atoms with van der Waals surface area (Å²) < 4.78 is 10.7. The van der Waals surface area contributed by atoms with Crippen LogP contribution >= 0.6 is 0 Å². The minimum atomic E-state index is -0.335. The van der Waals surface area contributed by atoms with E-state index in [9.17, 15) is 4.79 Å². The van der Waals surface area contributed by atoms with E-state index in [0.29, 0.717) is 5.92 Å². The normalized spacial score (nSPS) is 18.1. The molecule has 0 spiro atoms. The molecule has 3 rings (SSSR count). The van der Waals surface area contributed by atoms with E-state index in [0.717, 1.165) is 42.9 Å². The molecule has 1 heterocycles. The highest BCUT2D eigenvalue weighted by molar-refractivity contribution is 5.91. The predicted molar refractivity (Wildman–Crippen MR) is 75.9 cm³/mol. The summed E-state index contributed by atoms with van der Waals surface area (Å²) in [6.45, 7) is 5.35. The lowest BCUT2D eigenvalue weighted by atomic mass is 9.94. The zero-order valence-corrected chi connectivity index (χ0v) is 12.1. The third kappa shape index (κ3) is 2.35. The summed E-state index contributed by atoms with van der Waals surface area (Å²) in [7, 11) is 0. The van der Waals surface area contributed by atoms with Crippen LogP contribution in [0.25, 0.3) is 0 Å². The van der Waals surface area contributed by atoms with E-state index in [1.807, 2.05) is 18.2 Å². The number of benzene rings is 1. The maximum atomic E-state index is 12.4. The Labute approximate surface area is 119 Å². The molecular weight excluding hydrogens is 254 g/mol. The van der Waals surface area contributed by atoms with Gasteiger partial charge in [-0.25, -0.2) is 0 Å². The molecule has 1 aromatic carbocycles. The lowest BCUT2D eigenvalue weighted by Crippen LogP contribution is -2.35. The number of fused-ring (bicyclic) bond motifs is 1. The van der Waals surface area contributed by atoms with E-state index in [1.54, 1.807) is 0 Å². The van der Waals surface area contributed by atoms with Gasteiger partial charge in [0.15, 0.2) is 11.5 Å². The fourth-order valence-electron chi connectivity index (χ4n) is 2.61. The van der Waals surface area contributed by atoms with Crippen LogP contribution in [0.4, 0.5) is 0 Å². The first-order chi connectivity index (χ1) is 9.62. The van der Waals surface area contributed by atoms with E-state index in [1.165, 1.54) is 0 Å². The summed E-state index contributed by atoms with van der Waals surface area (Å²) in [5.74, 6) is 2.28. The molecule has 1 N–H and O–H groups in total. The van der Waals surface area contributed by atoms with Crippen molar-refractivity contribution in [1.29, 1.82) is 0 Å². The van der Waals surface area contributed by atoms with Crippen molar-refractivity contribution in [2.45, 2.75) is 38.5 Å². The van der Waals surface area contributed by atoms with Crippen LogP contribution in [0.2, 0.25) is 0 Å². The Balaban J connectivity index is 1.70. The fraction of sp³-hybridized carbons (Fsp3) is 0.562. The number of hydrogen-bond donors (Lipinski definition) is 1. The van der Waals surface area contributed by atoms with Crippen molar-refractivity contribution >= 4 is 5.91 Å².